The largest absolute Gasteiger partial charge is 0.507 e. The van der Waals surface area contributed by atoms with Crippen molar-refractivity contribution in [2.24, 2.45) is 0 Å². The summed E-state index contributed by atoms with van der Waals surface area (Å²) in [5.74, 6) is -0.301. The van der Waals surface area contributed by atoms with E-state index in [1.807, 2.05) is 74.7 Å². The summed E-state index contributed by atoms with van der Waals surface area (Å²) in [6.07, 6.45) is 0. The summed E-state index contributed by atoms with van der Waals surface area (Å²) in [5, 5.41) is 13.4. The fraction of sp³-hybridized carbons (Fsp3) is 0.212. The van der Waals surface area contributed by atoms with Gasteiger partial charge in [-0.2, -0.15) is 0 Å². The van der Waals surface area contributed by atoms with Gasteiger partial charge in [-0.1, -0.05) is 57.2 Å². The third-order valence-electron chi connectivity index (χ3n) is 6.90. The summed E-state index contributed by atoms with van der Waals surface area (Å²) in [7, 11) is 1.60. The SMILES string of the molecule is COc1ccc(/C(O)=C2/C(=O)C(=O)N(c3ccc(OCc4ccccc4)cc3)C2c2cccs2)cc1C(C)(C)C. The van der Waals surface area contributed by atoms with E-state index in [0.717, 1.165) is 16.0 Å². The Labute approximate surface area is 238 Å². The van der Waals surface area contributed by atoms with Crippen LogP contribution in [0.2, 0.25) is 0 Å². The number of aliphatic hydroxyl groups excluding tert-OH is 1. The number of amides is 1. The van der Waals surface area contributed by atoms with Crippen molar-refractivity contribution < 1.29 is 24.2 Å². The lowest BCUT2D eigenvalue weighted by molar-refractivity contribution is -0.132. The van der Waals surface area contributed by atoms with E-state index in [4.69, 9.17) is 9.47 Å². The number of rotatable bonds is 7. The van der Waals surface area contributed by atoms with Crippen LogP contribution in [-0.2, 0) is 21.6 Å². The third kappa shape index (κ3) is 5.25. The van der Waals surface area contributed by atoms with Crippen LogP contribution in [0.4, 0.5) is 5.69 Å². The molecule has 1 unspecified atom stereocenters. The van der Waals surface area contributed by atoms with Crippen LogP contribution in [0.3, 0.4) is 0 Å². The maximum absolute atomic E-state index is 13.5. The molecular formula is C33H31NO5S. The lowest BCUT2D eigenvalue weighted by Crippen LogP contribution is -2.29. The van der Waals surface area contributed by atoms with Gasteiger partial charge in [0.1, 0.15) is 29.9 Å². The molecule has 1 fully saturated rings. The van der Waals surface area contributed by atoms with Crippen LogP contribution in [-0.4, -0.2) is 23.9 Å². The van der Waals surface area contributed by atoms with Crippen molar-refractivity contribution in [2.45, 2.75) is 38.8 Å². The molecule has 5 rings (SSSR count). The average molecular weight is 554 g/mol. The lowest BCUT2D eigenvalue weighted by Gasteiger charge is -2.25. The molecule has 40 heavy (non-hydrogen) atoms. The second kappa shape index (κ2) is 11.0. The molecule has 3 aromatic carbocycles. The first kappa shape index (κ1) is 27.2. The van der Waals surface area contributed by atoms with Crippen LogP contribution in [0, 0.1) is 0 Å². The maximum Gasteiger partial charge on any atom is 0.300 e. The molecule has 0 bridgehead atoms. The van der Waals surface area contributed by atoms with E-state index in [1.54, 1.807) is 43.5 Å². The predicted molar refractivity (Wildman–Crippen MR) is 158 cm³/mol. The highest BCUT2D eigenvalue weighted by atomic mass is 32.1. The Balaban J connectivity index is 1.53. The van der Waals surface area contributed by atoms with E-state index < -0.39 is 17.7 Å². The summed E-state index contributed by atoms with van der Waals surface area (Å²) in [5.41, 5.74) is 2.70. The summed E-state index contributed by atoms with van der Waals surface area (Å²) < 4.78 is 11.4. The van der Waals surface area contributed by atoms with E-state index in [-0.39, 0.29) is 16.7 Å². The molecule has 0 aliphatic carbocycles. The molecule has 0 spiro atoms. The second-order valence-corrected chi connectivity index (χ2v) is 11.6. The molecule has 1 atom stereocenters. The normalized spacial score (nSPS) is 16.8. The van der Waals surface area contributed by atoms with E-state index in [1.165, 1.54) is 16.2 Å². The highest BCUT2D eigenvalue weighted by Crippen LogP contribution is 2.44. The first-order valence-electron chi connectivity index (χ1n) is 13.0. The Morgan fingerprint density at radius 1 is 0.950 bits per heavy atom. The van der Waals surface area contributed by atoms with Gasteiger partial charge in [-0.3, -0.25) is 14.5 Å². The number of carbonyl (C=O) groups is 2. The van der Waals surface area contributed by atoms with Crippen molar-refractivity contribution in [1.82, 2.24) is 0 Å². The Morgan fingerprint density at radius 3 is 2.30 bits per heavy atom. The van der Waals surface area contributed by atoms with Gasteiger partial charge in [0.2, 0.25) is 0 Å². The fourth-order valence-corrected chi connectivity index (χ4v) is 5.68. The monoisotopic (exact) mass is 553 g/mol. The standard InChI is InChI=1S/C33H31NO5S/c1-33(2,3)25-19-22(12-17-26(25)38-4)30(35)28-29(27-11-8-18-40-27)34(32(37)31(28)36)23-13-15-24(16-14-23)39-20-21-9-6-5-7-10-21/h5-19,29,35H,20H2,1-4H3/b30-28-. The van der Waals surface area contributed by atoms with Crippen molar-refractivity contribution >= 4 is 34.5 Å². The minimum Gasteiger partial charge on any atom is -0.507 e. The summed E-state index contributed by atoms with van der Waals surface area (Å²) in [6, 6.07) is 25.2. The fourth-order valence-electron chi connectivity index (χ4n) is 4.86. The second-order valence-electron chi connectivity index (χ2n) is 10.6. The molecule has 0 radical (unpaired) electrons. The van der Waals surface area contributed by atoms with Gasteiger partial charge in [0.05, 0.1) is 12.7 Å². The molecular weight excluding hydrogens is 522 g/mol. The third-order valence-corrected chi connectivity index (χ3v) is 7.83. The van der Waals surface area contributed by atoms with Gasteiger partial charge < -0.3 is 14.6 Å². The van der Waals surface area contributed by atoms with E-state index in [9.17, 15) is 14.7 Å². The van der Waals surface area contributed by atoms with Gasteiger partial charge in [-0.05, 0) is 64.9 Å². The zero-order chi connectivity index (χ0) is 28.4. The van der Waals surface area contributed by atoms with Gasteiger partial charge >= 0.3 is 0 Å². The first-order chi connectivity index (χ1) is 19.2. The van der Waals surface area contributed by atoms with Crippen molar-refractivity contribution in [3.05, 3.63) is 117 Å². The van der Waals surface area contributed by atoms with E-state index in [0.29, 0.717) is 29.4 Å². The molecule has 1 amide bonds. The molecule has 7 heteroatoms. The molecule has 6 nitrogen and oxygen atoms in total. The van der Waals surface area contributed by atoms with E-state index >= 15 is 0 Å². The number of Topliss-reactive ketones (excluding diaryl/α,β-unsaturated/α-hetero) is 1. The summed E-state index contributed by atoms with van der Waals surface area (Å²) in [6.45, 7) is 6.56. The number of ether oxygens (including phenoxy) is 2. The van der Waals surface area contributed by atoms with Crippen LogP contribution < -0.4 is 14.4 Å². The summed E-state index contributed by atoms with van der Waals surface area (Å²) in [4.78, 5) is 29.2. The van der Waals surface area contributed by atoms with E-state index in [2.05, 4.69) is 0 Å². The minimum atomic E-state index is -0.767. The van der Waals surface area contributed by atoms with Gasteiger partial charge in [-0.15, -0.1) is 11.3 Å². The average Bonchev–Trinajstić information content (AvgIpc) is 3.58. The summed E-state index contributed by atoms with van der Waals surface area (Å²) >= 11 is 1.43. The highest BCUT2D eigenvalue weighted by Gasteiger charge is 2.47. The number of carbonyl (C=O) groups excluding carboxylic acids is 2. The maximum atomic E-state index is 13.5. The Kier molecular flexibility index (Phi) is 7.50. The molecule has 204 valence electrons. The Morgan fingerprint density at radius 2 is 1.68 bits per heavy atom. The lowest BCUT2D eigenvalue weighted by atomic mass is 9.84. The zero-order valence-corrected chi connectivity index (χ0v) is 23.7. The van der Waals surface area contributed by atoms with Gasteiger partial charge in [0.15, 0.2) is 0 Å². The molecule has 2 heterocycles. The van der Waals surface area contributed by atoms with Gasteiger partial charge in [0, 0.05) is 21.7 Å². The quantitative estimate of drug-likeness (QED) is 0.148. The topological polar surface area (TPSA) is 76.1 Å². The van der Waals surface area contributed by atoms with Gasteiger partial charge in [0.25, 0.3) is 11.7 Å². The molecule has 1 aromatic heterocycles. The van der Waals surface area contributed by atoms with Crippen molar-refractivity contribution in [3.63, 3.8) is 0 Å². The van der Waals surface area contributed by atoms with Crippen LogP contribution in [0.15, 0.2) is 95.9 Å². The Bertz CT molecular complexity index is 1550. The van der Waals surface area contributed by atoms with Crippen molar-refractivity contribution in [2.75, 3.05) is 12.0 Å². The molecule has 0 saturated carbocycles. The number of methoxy groups -OCH3 is 1. The minimum absolute atomic E-state index is 0.0573. The van der Waals surface area contributed by atoms with Crippen LogP contribution in [0.5, 0.6) is 11.5 Å². The van der Waals surface area contributed by atoms with Crippen molar-refractivity contribution in [1.29, 1.82) is 0 Å². The number of anilines is 1. The number of nitrogens with zero attached hydrogens (tertiary/aromatic N) is 1. The van der Waals surface area contributed by atoms with Crippen LogP contribution >= 0.6 is 11.3 Å². The first-order valence-corrected chi connectivity index (χ1v) is 13.9. The zero-order valence-electron chi connectivity index (χ0n) is 22.9. The number of hydrogen-bond acceptors (Lipinski definition) is 6. The molecule has 4 aromatic rings. The highest BCUT2D eigenvalue weighted by molar-refractivity contribution is 7.10. The smallest absolute Gasteiger partial charge is 0.300 e. The molecule has 1 saturated heterocycles. The molecule has 1 aliphatic heterocycles. The number of benzene rings is 3. The molecule has 1 N–H and O–H groups in total. The van der Waals surface area contributed by atoms with Crippen LogP contribution in [0.1, 0.15) is 48.4 Å². The van der Waals surface area contributed by atoms with Gasteiger partial charge in [-0.25, -0.2) is 0 Å². The number of hydrogen-bond donors (Lipinski definition) is 1. The number of thiophene rings is 1. The van der Waals surface area contributed by atoms with Crippen LogP contribution in [0.25, 0.3) is 5.76 Å². The predicted octanol–water partition coefficient (Wildman–Crippen LogP) is 7.26. The Hall–Kier alpha value is -4.36. The molecule has 1 aliphatic rings. The van der Waals surface area contributed by atoms with Crippen molar-refractivity contribution in [3.8, 4) is 11.5 Å². The number of aliphatic hydroxyl groups is 1. The number of ketones is 1.